The molecule has 0 saturated heterocycles. The summed E-state index contributed by atoms with van der Waals surface area (Å²) < 4.78 is 13.5. The molecule has 5 heteroatoms. The number of carbonyl (C=O) groups is 1. The average molecular weight is 272 g/mol. The van der Waals surface area contributed by atoms with E-state index in [1.54, 1.807) is 18.2 Å². The second-order valence-electron chi connectivity index (χ2n) is 3.81. The van der Waals surface area contributed by atoms with Gasteiger partial charge in [0.15, 0.2) is 0 Å². The van der Waals surface area contributed by atoms with Gasteiger partial charge < -0.3 is 5.32 Å². The third-order valence-corrected chi connectivity index (χ3v) is 2.72. The van der Waals surface area contributed by atoms with Crippen molar-refractivity contribution in [3.05, 3.63) is 59.4 Å². The Hall–Kier alpha value is -2.32. The van der Waals surface area contributed by atoms with E-state index in [0.29, 0.717) is 16.1 Å². The van der Waals surface area contributed by atoms with Crippen molar-refractivity contribution in [1.29, 1.82) is 5.26 Å². The SMILES string of the molecule is N#Cc1cccc(NC(=O)c2cc(S)ccc2F)c1. The molecule has 0 bridgehead atoms. The van der Waals surface area contributed by atoms with E-state index in [1.165, 1.54) is 24.3 Å². The van der Waals surface area contributed by atoms with Crippen molar-refractivity contribution >= 4 is 24.2 Å². The Morgan fingerprint density at radius 1 is 1.26 bits per heavy atom. The maximum Gasteiger partial charge on any atom is 0.258 e. The zero-order valence-electron chi connectivity index (χ0n) is 9.72. The van der Waals surface area contributed by atoms with Gasteiger partial charge in [0.05, 0.1) is 17.2 Å². The number of hydrogen-bond acceptors (Lipinski definition) is 3. The fourth-order valence-electron chi connectivity index (χ4n) is 1.55. The molecule has 3 nitrogen and oxygen atoms in total. The molecule has 2 aromatic rings. The second kappa shape index (κ2) is 5.55. The van der Waals surface area contributed by atoms with Gasteiger partial charge in [-0.1, -0.05) is 6.07 Å². The Labute approximate surface area is 115 Å². The third kappa shape index (κ3) is 3.12. The van der Waals surface area contributed by atoms with Gasteiger partial charge in [0.25, 0.3) is 5.91 Å². The molecule has 0 saturated carbocycles. The molecular weight excluding hydrogens is 263 g/mol. The molecule has 0 spiro atoms. The first kappa shape index (κ1) is 13.1. The van der Waals surface area contributed by atoms with Crippen molar-refractivity contribution in [2.24, 2.45) is 0 Å². The van der Waals surface area contributed by atoms with Crippen LogP contribution in [0.25, 0.3) is 0 Å². The van der Waals surface area contributed by atoms with Gasteiger partial charge in [-0.3, -0.25) is 4.79 Å². The largest absolute Gasteiger partial charge is 0.322 e. The Morgan fingerprint density at radius 3 is 2.79 bits per heavy atom. The fourth-order valence-corrected chi connectivity index (χ4v) is 1.76. The Morgan fingerprint density at radius 2 is 2.05 bits per heavy atom. The van der Waals surface area contributed by atoms with Crippen LogP contribution in [0.1, 0.15) is 15.9 Å². The van der Waals surface area contributed by atoms with Crippen LogP contribution in [0.3, 0.4) is 0 Å². The quantitative estimate of drug-likeness (QED) is 0.825. The lowest BCUT2D eigenvalue weighted by Crippen LogP contribution is -2.13. The summed E-state index contributed by atoms with van der Waals surface area (Å²) in [5, 5.41) is 11.3. The van der Waals surface area contributed by atoms with Crippen LogP contribution in [0.2, 0.25) is 0 Å². The first-order valence-electron chi connectivity index (χ1n) is 5.40. The number of nitrogens with zero attached hydrogens (tertiary/aromatic N) is 1. The highest BCUT2D eigenvalue weighted by Crippen LogP contribution is 2.16. The predicted molar refractivity (Wildman–Crippen MR) is 72.8 cm³/mol. The number of carbonyl (C=O) groups excluding carboxylic acids is 1. The lowest BCUT2D eigenvalue weighted by atomic mass is 10.1. The maximum atomic E-state index is 13.5. The number of thiol groups is 1. The van der Waals surface area contributed by atoms with Crippen LogP contribution >= 0.6 is 12.6 Å². The van der Waals surface area contributed by atoms with E-state index in [2.05, 4.69) is 17.9 Å². The average Bonchev–Trinajstić information content (AvgIpc) is 2.41. The van der Waals surface area contributed by atoms with Gasteiger partial charge in [0, 0.05) is 10.6 Å². The molecular formula is C14H9FN2OS. The highest BCUT2D eigenvalue weighted by Gasteiger charge is 2.12. The number of halogens is 1. The van der Waals surface area contributed by atoms with Crippen LogP contribution in [-0.2, 0) is 0 Å². The Bertz CT molecular complexity index is 679. The Kier molecular flexibility index (Phi) is 3.83. The molecule has 0 atom stereocenters. The van der Waals surface area contributed by atoms with E-state index in [-0.39, 0.29) is 5.56 Å². The van der Waals surface area contributed by atoms with E-state index < -0.39 is 11.7 Å². The predicted octanol–water partition coefficient (Wildman–Crippen LogP) is 3.24. The van der Waals surface area contributed by atoms with Gasteiger partial charge >= 0.3 is 0 Å². The highest BCUT2D eigenvalue weighted by atomic mass is 32.1. The molecule has 2 aromatic carbocycles. The molecule has 0 heterocycles. The summed E-state index contributed by atoms with van der Waals surface area (Å²) in [7, 11) is 0. The molecule has 1 amide bonds. The second-order valence-corrected chi connectivity index (χ2v) is 4.33. The van der Waals surface area contributed by atoms with Crippen molar-refractivity contribution < 1.29 is 9.18 Å². The summed E-state index contributed by atoms with van der Waals surface area (Å²) in [6.07, 6.45) is 0. The minimum Gasteiger partial charge on any atom is -0.322 e. The zero-order chi connectivity index (χ0) is 13.8. The van der Waals surface area contributed by atoms with Gasteiger partial charge in [0.1, 0.15) is 5.82 Å². The number of benzene rings is 2. The smallest absolute Gasteiger partial charge is 0.258 e. The summed E-state index contributed by atoms with van der Waals surface area (Å²) in [6.45, 7) is 0. The minimum atomic E-state index is -0.619. The third-order valence-electron chi connectivity index (χ3n) is 2.44. The summed E-state index contributed by atoms with van der Waals surface area (Å²) in [4.78, 5) is 12.4. The van der Waals surface area contributed by atoms with E-state index in [1.807, 2.05) is 6.07 Å². The van der Waals surface area contributed by atoms with E-state index in [0.717, 1.165) is 0 Å². The van der Waals surface area contributed by atoms with Crippen LogP contribution in [0.4, 0.5) is 10.1 Å². The van der Waals surface area contributed by atoms with Crippen molar-refractivity contribution in [1.82, 2.24) is 0 Å². The van der Waals surface area contributed by atoms with Crippen LogP contribution < -0.4 is 5.32 Å². The van der Waals surface area contributed by atoms with Crippen LogP contribution in [-0.4, -0.2) is 5.91 Å². The molecule has 0 unspecified atom stereocenters. The molecule has 0 radical (unpaired) electrons. The van der Waals surface area contributed by atoms with Gasteiger partial charge in [-0.05, 0) is 36.4 Å². The zero-order valence-corrected chi connectivity index (χ0v) is 10.6. The monoisotopic (exact) mass is 272 g/mol. The number of anilines is 1. The van der Waals surface area contributed by atoms with Gasteiger partial charge in [-0.25, -0.2) is 4.39 Å². The van der Waals surface area contributed by atoms with Crippen molar-refractivity contribution in [3.63, 3.8) is 0 Å². The van der Waals surface area contributed by atoms with Crippen molar-refractivity contribution in [2.45, 2.75) is 4.90 Å². The van der Waals surface area contributed by atoms with Gasteiger partial charge in [-0.2, -0.15) is 5.26 Å². The first-order chi connectivity index (χ1) is 9.10. The summed E-state index contributed by atoms with van der Waals surface area (Å²) in [6, 6.07) is 12.4. The number of nitrogens with one attached hydrogen (secondary N) is 1. The maximum absolute atomic E-state index is 13.5. The standard InChI is InChI=1S/C14H9FN2OS/c15-13-5-4-11(19)7-12(13)14(18)17-10-3-1-2-9(6-10)8-16/h1-7,19H,(H,17,18). The number of rotatable bonds is 2. The molecule has 2 rings (SSSR count). The number of nitriles is 1. The van der Waals surface area contributed by atoms with Crippen molar-refractivity contribution in [2.75, 3.05) is 5.32 Å². The molecule has 0 aliphatic carbocycles. The fraction of sp³-hybridized carbons (Fsp3) is 0. The minimum absolute atomic E-state index is 0.0881. The Balaban J connectivity index is 2.26. The molecule has 0 aromatic heterocycles. The van der Waals surface area contributed by atoms with E-state index in [9.17, 15) is 9.18 Å². The van der Waals surface area contributed by atoms with E-state index in [4.69, 9.17) is 5.26 Å². The summed E-state index contributed by atoms with van der Waals surface area (Å²) in [5.41, 5.74) is 0.768. The number of amides is 1. The molecule has 1 N–H and O–H groups in total. The van der Waals surface area contributed by atoms with Crippen LogP contribution in [0.15, 0.2) is 47.4 Å². The first-order valence-corrected chi connectivity index (χ1v) is 5.85. The molecule has 94 valence electrons. The lowest BCUT2D eigenvalue weighted by molar-refractivity contribution is 0.102. The summed E-state index contributed by atoms with van der Waals surface area (Å²) >= 11 is 4.06. The molecule has 0 fully saturated rings. The normalized spacial score (nSPS) is 9.74. The van der Waals surface area contributed by atoms with Crippen LogP contribution in [0.5, 0.6) is 0 Å². The molecule has 19 heavy (non-hydrogen) atoms. The highest BCUT2D eigenvalue weighted by molar-refractivity contribution is 7.80. The molecule has 0 aliphatic heterocycles. The summed E-state index contributed by atoms with van der Waals surface area (Å²) in [5.74, 6) is -1.20. The van der Waals surface area contributed by atoms with Crippen molar-refractivity contribution in [3.8, 4) is 6.07 Å². The van der Waals surface area contributed by atoms with E-state index >= 15 is 0 Å². The topological polar surface area (TPSA) is 52.9 Å². The molecule has 0 aliphatic rings. The van der Waals surface area contributed by atoms with Gasteiger partial charge in [0.2, 0.25) is 0 Å². The van der Waals surface area contributed by atoms with Crippen LogP contribution in [0, 0.1) is 17.1 Å². The lowest BCUT2D eigenvalue weighted by Gasteiger charge is -2.07. The van der Waals surface area contributed by atoms with Gasteiger partial charge in [-0.15, -0.1) is 12.6 Å². The number of hydrogen-bond donors (Lipinski definition) is 2.